The van der Waals surface area contributed by atoms with Gasteiger partial charge >= 0.3 is 0 Å². The zero-order valence-electron chi connectivity index (χ0n) is 7.87. The average molecular weight is 265 g/mol. The second kappa shape index (κ2) is 4.29. The second-order valence-corrected chi connectivity index (χ2v) is 5.82. The Morgan fingerprint density at radius 3 is 2.80 bits per heavy atom. The van der Waals surface area contributed by atoms with E-state index in [4.69, 9.17) is 28.9 Å². The largest absolute Gasteiger partial charge is 0.337 e. The van der Waals surface area contributed by atoms with Crippen LogP contribution in [0.25, 0.3) is 0 Å². The van der Waals surface area contributed by atoms with Crippen molar-refractivity contribution in [2.24, 2.45) is 5.73 Å². The Morgan fingerprint density at radius 1 is 1.60 bits per heavy atom. The molecule has 1 atom stereocenters. The summed E-state index contributed by atoms with van der Waals surface area (Å²) in [5.74, 6) is -0.0731. The van der Waals surface area contributed by atoms with Crippen molar-refractivity contribution < 1.29 is 4.79 Å². The highest BCUT2D eigenvalue weighted by Gasteiger charge is 2.26. The molecule has 1 aliphatic heterocycles. The third-order valence-electron chi connectivity index (χ3n) is 2.40. The topological polar surface area (TPSA) is 46.3 Å². The van der Waals surface area contributed by atoms with Crippen LogP contribution in [0.2, 0.25) is 8.67 Å². The number of carbonyl (C=O) groups excluding carboxylic acids is 1. The zero-order valence-corrected chi connectivity index (χ0v) is 10.2. The molecule has 0 bridgehead atoms. The highest BCUT2D eigenvalue weighted by atomic mass is 35.5. The van der Waals surface area contributed by atoms with Gasteiger partial charge in [0.15, 0.2) is 0 Å². The highest BCUT2D eigenvalue weighted by Crippen LogP contribution is 2.32. The van der Waals surface area contributed by atoms with Gasteiger partial charge in [-0.2, -0.15) is 0 Å². The van der Waals surface area contributed by atoms with E-state index < -0.39 is 0 Å². The van der Waals surface area contributed by atoms with Gasteiger partial charge in [-0.3, -0.25) is 4.79 Å². The number of nitrogens with two attached hydrogens (primary N) is 1. The Kier molecular flexibility index (Phi) is 3.21. The van der Waals surface area contributed by atoms with Gasteiger partial charge in [0.25, 0.3) is 5.91 Å². The third-order valence-corrected chi connectivity index (χ3v) is 3.89. The van der Waals surface area contributed by atoms with Crippen molar-refractivity contribution in [1.29, 1.82) is 0 Å². The van der Waals surface area contributed by atoms with Gasteiger partial charge in [-0.05, 0) is 12.5 Å². The number of halogens is 2. The molecule has 0 saturated carbocycles. The third kappa shape index (κ3) is 2.28. The molecule has 0 aliphatic carbocycles. The molecule has 1 amide bonds. The summed E-state index contributed by atoms with van der Waals surface area (Å²) in [6.07, 6.45) is 0.848. The first-order valence-electron chi connectivity index (χ1n) is 4.57. The van der Waals surface area contributed by atoms with Crippen LogP contribution in [0.15, 0.2) is 6.07 Å². The molecule has 2 rings (SSSR count). The van der Waals surface area contributed by atoms with Gasteiger partial charge in [-0.25, -0.2) is 0 Å². The maximum absolute atomic E-state index is 12.0. The fourth-order valence-electron chi connectivity index (χ4n) is 1.63. The summed E-state index contributed by atoms with van der Waals surface area (Å²) in [5.41, 5.74) is 6.22. The summed E-state index contributed by atoms with van der Waals surface area (Å²) in [7, 11) is 0. The van der Waals surface area contributed by atoms with E-state index in [9.17, 15) is 4.79 Å². The lowest BCUT2D eigenvalue weighted by atomic mass is 10.3. The van der Waals surface area contributed by atoms with Gasteiger partial charge in [-0.1, -0.05) is 23.2 Å². The standard InChI is InChI=1S/C9H10Cl2N2OS/c10-7-3-6(8(11)15-7)9(14)13-2-1-5(12)4-13/h3,5H,1-2,4,12H2/t5-/m0/s1. The number of likely N-dealkylation sites (tertiary alicyclic amines) is 1. The first kappa shape index (κ1) is 11.2. The summed E-state index contributed by atoms with van der Waals surface area (Å²) in [6, 6.07) is 1.70. The monoisotopic (exact) mass is 264 g/mol. The van der Waals surface area contributed by atoms with Gasteiger partial charge in [0, 0.05) is 19.1 Å². The molecule has 1 aromatic rings. The Bertz CT molecular complexity index is 393. The van der Waals surface area contributed by atoms with Gasteiger partial charge in [0.2, 0.25) is 0 Å². The zero-order chi connectivity index (χ0) is 11.0. The van der Waals surface area contributed by atoms with Gasteiger partial charge in [-0.15, -0.1) is 11.3 Å². The lowest BCUT2D eigenvalue weighted by Crippen LogP contribution is -2.31. The van der Waals surface area contributed by atoms with Crippen LogP contribution in [0.4, 0.5) is 0 Å². The quantitative estimate of drug-likeness (QED) is 0.846. The Balaban J connectivity index is 2.17. The van der Waals surface area contributed by atoms with Crippen molar-refractivity contribution >= 4 is 40.4 Å². The van der Waals surface area contributed by atoms with Crippen LogP contribution in [0.3, 0.4) is 0 Å². The smallest absolute Gasteiger partial charge is 0.256 e. The van der Waals surface area contributed by atoms with Crippen molar-refractivity contribution in [2.75, 3.05) is 13.1 Å². The van der Waals surface area contributed by atoms with Gasteiger partial charge in [0.1, 0.15) is 4.34 Å². The molecule has 0 unspecified atom stereocenters. The van der Waals surface area contributed by atoms with E-state index in [1.54, 1.807) is 11.0 Å². The molecule has 3 nitrogen and oxygen atoms in total. The summed E-state index contributed by atoms with van der Waals surface area (Å²) in [4.78, 5) is 13.7. The first-order chi connectivity index (χ1) is 7.08. The van der Waals surface area contributed by atoms with Crippen LogP contribution in [0, 0.1) is 0 Å². The maximum Gasteiger partial charge on any atom is 0.256 e. The van der Waals surface area contributed by atoms with E-state index in [1.165, 1.54) is 11.3 Å². The molecular weight excluding hydrogens is 255 g/mol. The predicted molar refractivity (Wildman–Crippen MR) is 62.8 cm³/mol. The van der Waals surface area contributed by atoms with E-state index in [0.29, 0.717) is 27.3 Å². The SMILES string of the molecule is N[C@H]1CCN(C(=O)c2cc(Cl)sc2Cl)C1. The number of rotatable bonds is 1. The van der Waals surface area contributed by atoms with Crippen LogP contribution in [-0.2, 0) is 0 Å². The van der Waals surface area contributed by atoms with Crippen molar-refractivity contribution in [3.63, 3.8) is 0 Å². The normalized spacial score (nSPS) is 21.0. The number of thiophene rings is 1. The fourth-order valence-corrected chi connectivity index (χ4v) is 3.08. The molecule has 1 aromatic heterocycles. The van der Waals surface area contributed by atoms with Gasteiger partial charge in [0.05, 0.1) is 9.90 Å². The molecule has 1 aliphatic rings. The molecule has 2 heterocycles. The predicted octanol–water partition coefficient (Wildman–Crippen LogP) is 2.23. The second-order valence-electron chi connectivity index (χ2n) is 3.54. The molecule has 0 aromatic carbocycles. The molecule has 0 radical (unpaired) electrons. The Morgan fingerprint density at radius 2 is 2.33 bits per heavy atom. The molecule has 0 spiro atoms. The van der Waals surface area contributed by atoms with E-state index in [2.05, 4.69) is 0 Å². The molecule has 1 saturated heterocycles. The minimum atomic E-state index is -0.0731. The van der Waals surface area contributed by atoms with E-state index in [1.807, 2.05) is 0 Å². The number of nitrogens with zero attached hydrogens (tertiary/aromatic N) is 1. The molecule has 82 valence electrons. The van der Waals surface area contributed by atoms with E-state index >= 15 is 0 Å². The van der Waals surface area contributed by atoms with Crippen LogP contribution in [0.1, 0.15) is 16.8 Å². The lowest BCUT2D eigenvalue weighted by molar-refractivity contribution is 0.0791. The molecule has 1 fully saturated rings. The average Bonchev–Trinajstić information content (AvgIpc) is 2.71. The van der Waals surface area contributed by atoms with Gasteiger partial charge < -0.3 is 10.6 Å². The number of carbonyl (C=O) groups is 1. The summed E-state index contributed by atoms with van der Waals surface area (Å²) >= 11 is 12.9. The van der Waals surface area contributed by atoms with Crippen molar-refractivity contribution in [2.45, 2.75) is 12.5 Å². The summed E-state index contributed by atoms with van der Waals surface area (Å²) in [5, 5.41) is 0. The number of hydrogen-bond donors (Lipinski definition) is 1. The maximum atomic E-state index is 12.0. The van der Waals surface area contributed by atoms with Crippen LogP contribution < -0.4 is 5.73 Å². The Hall–Kier alpha value is -0.290. The van der Waals surface area contributed by atoms with Crippen LogP contribution in [0.5, 0.6) is 0 Å². The fraction of sp³-hybridized carbons (Fsp3) is 0.444. The molecule has 15 heavy (non-hydrogen) atoms. The molecule has 6 heteroatoms. The van der Waals surface area contributed by atoms with Crippen LogP contribution >= 0.6 is 34.5 Å². The molecule has 2 N–H and O–H groups in total. The molecular formula is C9H10Cl2N2OS. The van der Waals surface area contributed by atoms with Crippen molar-refractivity contribution in [3.8, 4) is 0 Å². The van der Waals surface area contributed by atoms with Crippen LogP contribution in [-0.4, -0.2) is 29.9 Å². The highest BCUT2D eigenvalue weighted by molar-refractivity contribution is 7.20. The minimum Gasteiger partial charge on any atom is -0.337 e. The van der Waals surface area contributed by atoms with E-state index in [0.717, 1.165) is 6.42 Å². The number of hydrogen-bond acceptors (Lipinski definition) is 3. The summed E-state index contributed by atoms with van der Waals surface area (Å²) in [6.45, 7) is 1.30. The first-order valence-corrected chi connectivity index (χ1v) is 6.15. The van der Waals surface area contributed by atoms with Crippen molar-refractivity contribution in [3.05, 3.63) is 20.3 Å². The Labute approximate surface area is 102 Å². The lowest BCUT2D eigenvalue weighted by Gasteiger charge is -2.14. The summed E-state index contributed by atoms with van der Waals surface area (Å²) < 4.78 is 0.984. The number of amides is 1. The van der Waals surface area contributed by atoms with E-state index in [-0.39, 0.29) is 11.9 Å². The minimum absolute atomic E-state index is 0.0731. The van der Waals surface area contributed by atoms with Crippen molar-refractivity contribution in [1.82, 2.24) is 4.90 Å².